The Hall–Kier alpha value is -1.60. The molecule has 96 valence electrons. The van der Waals surface area contributed by atoms with Gasteiger partial charge in [0.25, 0.3) is 0 Å². The van der Waals surface area contributed by atoms with Crippen molar-refractivity contribution in [2.45, 2.75) is 6.10 Å². The molecule has 1 aliphatic heterocycles. The smallest absolute Gasteiger partial charge is 0.407 e. The number of carbonyl (C=O) groups excluding carboxylic acids is 2. The van der Waals surface area contributed by atoms with Crippen molar-refractivity contribution in [3.05, 3.63) is 12.7 Å². The Balaban J connectivity index is 2.04. The molecule has 1 N–H and O–H groups in total. The molecule has 7 heteroatoms. The Labute approximate surface area is 98.7 Å². The van der Waals surface area contributed by atoms with Crippen LogP contribution in [0, 0.1) is 0 Å². The predicted molar refractivity (Wildman–Crippen MR) is 56.2 cm³/mol. The number of amides is 1. The van der Waals surface area contributed by atoms with Crippen LogP contribution >= 0.6 is 0 Å². The number of carbonyl (C=O) groups is 2. The number of hydrogen-bond donors (Lipinski definition) is 1. The Morgan fingerprint density at radius 1 is 1.41 bits per heavy atom. The lowest BCUT2D eigenvalue weighted by molar-refractivity contribution is -0.151. The zero-order valence-electron chi connectivity index (χ0n) is 9.35. The lowest BCUT2D eigenvalue weighted by Crippen LogP contribution is -2.38. The van der Waals surface area contributed by atoms with Crippen LogP contribution in [0.3, 0.4) is 0 Å². The Morgan fingerprint density at radius 2 is 2.12 bits per heavy atom. The first-order valence-electron chi connectivity index (χ1n) is 5.11. The van der Waals surface area contributed by atoms with Crippen molar-refractivity contribution in [3.8, 4) is 0 Å². The van der Waals surface area contributed by atoms with Crippen LogP contribution in [0.4, 0.5) is 4.79 Å². The number of rotatable bonds is 5. The Kier molecular flexibility index (Phi) is 6.05. The van der Waals surface area contributed by atoms with Gasteiger partial charge < -0.3 is 24.3 Å². The maximum atomic E-state index is 11.2. The van der Waals surface area contributed by atoms with Crippen LogP contribution in [0.15, 0.2) is 12.7 Å². The van der Waals surface area contributed by atoms with Gasteiger partial charge in [0.2, 0.25) is 0 Å². The van der Waals surface area contributed by atoms with Crippen molar-refractivity contribution >= 4 is 12.1 Å². The molecule has 0 atom stereocenters. The lowest BCUT2D eigenvalue weighted by Gasteiger charge is -2.22. The largest absolute Gasteiger partial charge is 0.461 e. The van der Waals surface area contributed by atoms with Gasteiger partial charge in [-0.2, -0.15) is 0 Å². The quantitative estimate of drug-likeness (QED) is 0.411. The second-order valence-corrected chi connectivity index (χ2v) is 3.19. The van der Waals surface area contributed by atoms with E-state index in [-0.39, 0.29) is 19.9 Å². The van der Waals surface area contributed by atoms with Crippen molar-refractivity contribution < 1.29 is 28.5 Å². The van der Waals surface area contributed by atoms with Crippen LogP contribution in [0.1, 0.15) is 0 Å². The van der Waals surface area contributed by atoms with Gasteiger partial charge in [0.15, 0.2) is 6.10 Å². The summed E-state index contributed by atoms with van der Waals surface area (Å²) in [6.45, 7) is 4.34. The molecule has 0 radical (unpaired) electrons. The predicted octanol–water partition coefficient (Wildman–Crippen LogP) is -0.185. The molecule has 0 aliphatic carbocycles. The fourth-order valence-corrected chi connectivity index (χ4v) is 1.09. The van der Waals surface area contributed by atoms with Gasteiger partial charge in [-0.05, 0) is 0 Å². The van der Waals surface area contributed by atoms with Gasteiger partial charge in [-0.3, -0.25) is 0 Å². The monoisotopic (exact) mass is 245 g/mol. The van der Waals surface area contributed by atoms with Crippen LogP contribution in [-0.4, -0.2) is 51.3 Å². The van der Waals surface area contributed by atoms with Gasteiger partial charge >= 0.3 is 12.1 Å². The van der Waals surface area contributed by atoms with Gasteiger partial charge in [0.05, 0.1) is 19.8 Å². The first-order chi connectivity index (χ1) is 8.22. The molecule has 0 aromatic carbocycles. The molecular formula is C10H15NO6. The minimum absolute atomic E-state index is 0.0671. The van der Waals surface area contributed by atoms with E-state index in [1.54, 1.807) is 0 Å². The molecule has 0 aromatic rings. The summed E-state index contributed by atoms with van der Waals surface area (Å²) in [4.78, 5) is 21.9. The summed E-state index contributed by atoms with van der Waals surface area (Å²) in [6, 6.07) is 0. The van der Waals surface area contributed by atoms with Crippen LogP contribution in [0.25, 0.3) is 0 Å². The van der Waals surface area contributed by atoms with Crippen molar-refractivity contribution in [3.63, 3.8) is 0 Å². The zero-order chi connectivity index (χ0) is 12.5. The number of esters is 1. The summed E-state index contributed by atoms with van der Waals surface area (Å²) in [6.07, 6.45) is 0.0490. The second kappa shape index (κ2) is 7.64. The lowest BCUT2D eigenvalue weighted by atomic mass is 10.4. The molecule has 1 saturated heterocycles. The first-order valence-corrected chi connectivity index (χ1v) is 5.11. The second-order valence-electron chi connectivity index (χ2n) is 3.19. The van der Waals surface area contributed by atoms with E-state index in [0.29, 0.717) is 13.2 Å². The molecule has 1 aliphatic rings. The summed E-state index contributed by atoms with van der Waals surface area (Å²) < 4.78 is 19.5. The summed E-state index contributed by atoms with van der Waals surface area (Å²) >= 11 is 0. The molecule has 1 amide bonds. The van der Waals surface area contributed by atoms with Crippen LogP contribution in [0.5, 0.6) is 0 Å². The molecule has 0 bridgehead atoms. The molecule has 1 heterocycles. The summed E-state index contributed by atoms with van der Waals surface area (Å²) in [5, 5.41) is 2.43. The van der Waals surface area contributed by atoms with Crippen molar-refractivity contribution in [2.75, 3.05) is 33.2 Å². The highest BCUT2D eigenvalue weighted by Gasteiger charge is 2.18. The molecule has 0 unspecified atom stereocenters. The van der Waals surface area contributed by atoms with E-state index in [1.807, 2.05) is 0 Å². The minimum atomic E-state index is -0.598. The third kappa shape index (κ3) is 5.88. The minimum Gasteiger partial charge on any atom is -0.461 e. The molecule has 1 rings (SSSR count). The van der Waals surface area contributed by atoms with Crippen LogP contribution < -0.4 is 5.32 Å². The standard InChI is InChI=1S/C10H15NO6/c1-2-9(12)16-4-3-11-10(13)17-8-5-14-7-15-6-8/h2,8H,1,3-7H2,(H,11,13). The fourth-order valence-electron chi connectivity index (χ4n) is 1.09. The third-order valence-electron chi connectivity index (χ3n) is 1.83. The summed E-state index contributed by atoms with van der Waals surface area (Å²) in [7, 11) is 0. The first kappa shape index (κ1) is 13.5. The van der Waals surface area contributed by atoms with Gasteiger partial charge in [-0.1, -0.05) is 6.58 Å². The number of alkyl carbamates (subject to hydrolysis) is 1. The van der Waals surface area contributed by atoms with Crippen molar-refractivity contribution in [1.29, 1.82) is 0 Å². The topological polar surface area (TPSA) is 83.1 Å². The van der Waals surface area contributed by atoms with Gasteiger partial charge in [-0.15, -0.1) is 0 Å². The highest BCUT2D eigenvalue weighted by molar-refractivity contribution is 5.81. The van der Waals surface area contributed by atoms with E-state index < -0.39 is 18.2 Å². The van der Waals surface area contributed by atoms with Gasteiger partial charge in [0.1, 0.15) is 13.4 Å². The maximum Gasteiger partial charge on any atom is 0.407 e. The van der Waals surface area contributed by atoms with E-state index in [2.05, 4.69) is 16.6 Å². The highest BCUT2D eigenvalue weighted by atomic mass is 16.7. The Morgan fingerprint density at radius 3 is 2.76 bits per heavy atom. The third-order valence-corrected chi connectivity index (χ3v) is 1.83. The summed E-state index contributed by atoms with van der Waals surface area (Å²) in [5.74, 6) is -0.533. The van der Waals surface area contributed by atoms with Gasteiger partial charge in [-0.25, -0.2) is 9.59 Å². The molecule has 7 nitrogen and oxygen atoms in total. The molecule has 0 spiro atoms. The van der Waals surface area contributed by atoms with E-state index >= 15 is 0 Å². The van der Waals surface area contributed by atoms with Crippen molar-refractivity contribution in [1.82, 2.24) is 5.32 Å². The molecule has 0 aromatic heterocycles. The molecule has 0 saturated carbocycles. The average Bonchev–Trinajstić information content (AvgIpc) is 2.35. The van der Waals surface area contributed by atoms with Gasteiger partial charge in [0, 0.05) is 6.08 Å². The van der Waals surface area contributed by atoms with E-state index in [9.17, 15) is 9.59 Å². The Bertz CT molecular complexity index is 274. The highest BCUT2D eigenvalue weighted by Crippen LogP contribution is 2.01. The molecule has 17 heavy (non-hydrogen) atoms. The van der Waals surface area contributed by atoms with Crippen LogP contribution in [-0.2, 0) is 23.7 Å². The SMILES string of the molecule is C=CC(=O)OCCNC(=O)OC1COCOC1. The van der Waals surface area contributed by atoms with Crippen molar-refractivity contribution in [2.24, 2.45) is 0 Å². The number of ether oxygens (including phenoxy) is 4. The maximum absolute atomic E-state index is 11.2. The van der Waals surface area contributed by atoms with E-state index in [4.69, 9.17) is 14.2 Å². The average molecular weight is 245 g/mol. The number of hydrogen-bond acceptors (Lipinski definition) is 6. The van der Waals surface area contributed by atoms with Crippen LogP contribution in [0.2, 0.25) is 0 Å². The summed E-state index contributed by atoms with van der Waals surface area (Å²) in [5.41, 5.74) is 0. The van der Waals surface area contributed by atoms with E-state index in [0.717, 1.165) is 6.08 Å². The molecular weight excluding hydrogens is 230 g/mol. The number of nitrogens with one attached hydrogen (secondary N) is 1. The molecule has 1 fully saturated rings. The normalized spacial score (nSPS) is 16.0. The van der Waals surface area contributed by atoms with E-state index in [1.165, 1.54) is 0 Å². The fraction of sp³-hybridized carbons (Fsp3) is 0.600. The zero-order valence-corrected chi connectivity index (χ0v) is 9.35.